The summed E-state index contributed by atoms with van der Waals surface area (Å²) in [7, 11) is 4.34. The number of carbonyl (C=O) groups excluding carboxylic acids is 2. The number of methoxy groups -OCH3 is 3. The van der Waals surface area contributed by atoms with Gasteiger partial charge in [-0.25, -0.2) is 4.39 Å². The number of rotatable bonds is 7. The molecule has 0 fully saturated rings. The molecule has 3 rings (SSSR count). The van der Waals surface area contributed by atoms with E-state index in [0.29, 0.717) is 22.8 Å². The average molecular weight is 415 g/mol. The van der Waals surface area contributed by atoms with Gasteiger partial charge in [0.1, 0.15) is 5.82 Å². The van der Waals surface area contributed by atoms with Crippen LogP contribution in [0.3, 0.4) is 0 Å². The van der Waals surface area contributed by atoms with Gasteiger partial charge in [0.05, 0.1) is 32.9 Å². The summed E-state index contributed by atoms with van der Waals surface area (Å²) < 4.78 is 30.0. The Morgan fingerprint density at radius 3 is 2.23 bits per heavy atom. The molecule has 0 saturated carbocycles. The standard InChI is InChI=1S/C22H22FNO6/c1-5-15(25)18-19(12-9-16(28-2)21(30-4)17(10-12)29-3)24(22(27)20(18)26)14-8-6-7-13(23)11-14/h6-11,19,26H,5H2,1-4H3. The number of anilines is 1. The largest absolute Gasteiger partial charge is 0.503 e. The zero-order valence-corrected chi connectivity index (χ0v) is 17.1. The van der Waals surface area contributed by atoms with Crippen LogP contribution in [0.5, 0.6) is 17.2 Å². The molecular weight excluding hydrogens is 393 g/mol. The van der Waals surface area contributed by atoms with E-state index in [1.165, 1.54) is 44.4 Å². The van der Waals surface area contributed by atoms with Gasteiger partial charge in [-0.1, -0.05) is 13.0 Å². The van der Waals surface area contributed by atoms with Gasteiger partial charge in [-0.15, -0.1) is 0 Å². The molecule has 1 amide bonds. The summed E-state index contributed by atoms with van der Waals surface area (Å²) in [4.78, 5) is 26.8. The molecule has 0 aromatic heterocycles. The molecule has 1 aliphatic heterocycles. The summed E-state index contributed by atoms with van der Waals surface area (Å²) in [6.45, 7) is 1.63. The molecule has 158 valence electrons. The Morgan fingerprint density at radius 1 is 1.10 bits per heavy atom. The maximum atomic E-state index is 13.9. The lowest BCUT2D eigenvalue weighted by Gasteiger charge is -2.28. The van der Waals surface area contributed by atoms with E-state index >= 15 is 0 Å². The van der Waals surface area contributed by atoms with Crippen LogP contribution in [0.2, 0.25) is 0 Å². The molecule has 8 heteroatoms. The smallest absolute Gasteiger partial charge is 0.294 e. The molecule has 1 heterocycles. The molecule has 0 saturated heterocycles. The second kappa shape index (κ2) is 8.44. The maximum absolute atomic E-state index is 13.9. The van der Waals surface area contributed by atoms with Crippen molar-refractivity contribution in [2.45, 2.75) is 19.4 Å². The van der Waals surface area contributed by atoms with Crippen LogP contribution in [0.15, 0.2) is 47.7 Å². The van der Waals surface area contributed by atoms with Crippen LogP contribution < -0.4 is 19.1 Å². The van der Waals surface area contributed by atoms with E-state index < -0.39 is 29.3 Å². The number of aliphatic hydroxyl groups is 1. The van der Waals surface area contributed by atoms with Crippen LogP contribution in [-0.2, 0) is 9.59 Å². The average Bonchev–Trinajstić information content (AvgIpc) is 3.02. The first-order valence-corrected chi connectivity index (χ1v) is 9.23. The number of halogens is 1. The monoisotopic (exact) mass is 415 g/mol. The molecule has 2 aromatic carbocycles. The number of hydrogen-bond donors (Lipinski definition) is 1. The van der Waals surface area contributed by atoms with Crippen molar-refractivity contribution in [2.24, 2.45) is 0 Å². The first-order valence-electron chi connectivity index (χ1n) is 9.23. The molecule has 1 aliphatic rings. The van der Waals surface area contributed by atoms with Crippen LogP contribution >= 0.6 is 0 Å². The fraction of sp³-hybridized carbons (Fsp3) is 0.273. The number of Topliss-reactive ketones (excluding diaryl/α,β-unsaturated/α-hetero) is 1. The van der Waals surface area contributed by atoms with Gasteiger partial charge >= 0.3 is 0 Å². The van der Waals surface area contributed by atoms with Crippen molar-refractivity contribution in [1.29, 1.82) is 0 Å². The van der Waals surface area contributed by atoms with Gasteiger partial charge in [-0.05, 0) is 35.9 Å². The molecule has 30 heavy (non-hydrogen) atoms. The quantitative estimate of drug-likeness (QED) is 0.742. The first kappa shape index (κ1) is 21.2. The van der Waals surface area contributed by atoms with Crippen molar-refractivity contribution < 1.29 is 33.3 Å². The number of ether oxygens (including phenoxy) is 3. The van der Waals surface area contributed by atoms with E-state index in [4.69, 9.17) is 14.2 Å². The van der Waals surface area contributed by atoms with Crippen LogP contribution in [0, 0.1) is 5.82 Å². The molecule has 1 N–H and O–H groups in total. The summed E-state index contributed by atoms with van der Waals surface area (Å²) in [6, 6.07) is 7.56. The van der Waals surface area contributed by atoms with Crippen LogP contribution in [0.1, 0.15) is 24.9 Å². The highest BCUT2D eigenvalue weighted by Crippen LogP contribution is 2.46. The van der Waals surface area contributed by atoms with E-state index in [0.717, 1.165) is 6.07 Å². The summed E-state index contributed by atoms with van der Waals surface area (Å²) in [5.74, 6) is -1.46. The van der Waals surface area contributed by atoms with Crippen molar-refractivity contribution in [3.05, 3.63) is 59.1 Å². The lowest BCUT2D eigenvalue weighted by atomic mass is 9.94. The van der Waals surface area contributed by atoms with Gasteiger partial charge in [0.2, 0.25) is 5.75 Å². The van der Waals surface area contributed by atoms with Gasteiger partial charge in [0, 0.05) is 12.1 Å². The lowest BCUT2D eigenvalue weighted by Crippen LogP contribution is -2.31. The van der Waals surface area contributed by atoms with Gasteiger partial charge in [0.15, 0.2) is 23.0 Å². The number of aliphatic hydroxyl groups excluding tert-OH is 1. The van der Waals surface area contributed by atoms with Crippen molar-refractivity contribution in [2.75, 3.05) is 26.2 Å². The number of hydrogen-bond acceptors (Lipinski definition) is 6. The molecule has 1 atom stereocenters. The van der Waals surface area contributed by atoms with E-state index in [2.05, 4.69) is 0 Å². The minimum atomic E-state index is -1.000. The molecule has 0 spiro atoms. The predicted octanol–water partition coefficient (Wildman–Crippen LogP) is 3.73. The Labute approximate surface area is 173 Å². The van der Waals surface area contributed by atoms with E-state index in [1.807, 2.05) is 0 Å². The van der Waals surface area contributed by atoms with Gasteiger partial charge < -0.3 is 19.3 Å². The second-order valence-corrected chi connectivity index (χ2v) is 6.56. The van der Waals surface area contributed by atoms with E-state index in [1.54, 1.807) is 19.1 Å². The Hall–Kier alpha value is -3.55. The third kappa shape index (κ3) is 3.45. The zero-order valence-electron chi connectivity index (χ0n) is 17.1. The Morgan fingerprint density at radius 2 is 1.73 bits per heavy atom. The highest BCUT2D eigenvalue weighted by atomic mass is 19.1. The number of carbonyl (C=O) groups is 2. The fourth-order valence-corrected chi connectivity index (χ4v) is 3.55. The SMILES string of the molecule is CCC(=O)C1=C(O)C(=O)N(c2cccc(F)c2)C1c1cc(OC)c(OC)c(OC)c1. The van der Waals surface area contributed by atoms with Gasteiger partial charge in [0.25, 0.3) is 5.91 Å². The third-order valence-electron chi connectivity index (χ3n) is 4.92. The minimum Gasteiger partial charge on any atom is -0.503 e. The number of nitrogens with zero attached hydrogens (tertiary/aromatic N) is 1. The number of benzene rings is 2. The molecule has 0 aliphatic carbocycles. The van der Waals surface area contributed by atoms with Crippen molar-refractivity contribution in [3.63, 3.8) is 0 Å². The maximum Gasteiger partial charge on any atom is 0.294 e. The highest BCUT2D eigenvalue weighted by molar-refractivity contribution is 6.16. The van der Waals surface area contributed by atoms with Crippen molar-refractivity contribution in [3.8, 4) is 17.2 Å². The topological polar surface area (TPSA) is 85.3 Å². The van der Waals surface area contributed by atoms with E-state index in [9.17, 15) is 19.1 Å². The van der Waals surface area contributed by atoms with Crippen LogP contribution in [-0.4, -0.2) is 38.1 Å². The Balaban J connectivity index is 2.28. The second-order valence-electron chi connectivity index (χ2n) is 6.56. The molecule has 0 bridgehead atoms. The normalized spacial score (nSPS) is 16.1. The predicted molar refractivity (Wildman–Crippen MR) is 108 cm³/mol. The Bertz CT molecular complexity index is 1010. The molecule has 1 unspecified atom stereocenters. The molecular formula is C22H22FNO6. The van der Waals surface area contributed by atoms with Gasteiger partial charge in [-0.2, -0.15) is 0 Å². The highest BCUT2D eigenvalue weighted by Gasteiger charge is 2.44. The summed E-state index contributed by atoms with van der Waals surface area (Å²) in [5, 5.41) is 10.5. The fourth-order valence-electron chi connectivity index (χ4n) is 3.55. The summed E-state index contributed by atoms with van der Waals surface area (Å²) >= 11 is 0. The van der Waals surface area contributed by atoms with Gasteiger partial charge in [-0.3, -0.25) is 14.5 Å². The van der Waals surface area contributed by atoms with Crippen molar-refractivity contribution >= 4 is 17.4 Å². The van der Waals surface area contributed by atoms with Crippen LogP contribution in [0.25, 0.3) is 0 Å². The summed E-state index contributed by atoms with van der Waals surface area (Å²) in [6.07, 6.45) is 0.0740. The summed E-state index contributed by atoms with van der Waals surface area (Å²) in [5.41, 5.74) is 0.563. The minimum absolute atomic E-state index is 0.0685. The number of ketones is 1. The molecule has 0 radical (unpaired) electrons. The Kier molecular flexibility index (Phi) is 5.96. The van der Waals surface area contributed by atoms with Crippen LogP contribution in [0.4, 0.5) is 10.1 Å². The van der Waals surface area contributed by atoms with E-state index in [-0.39, 0.29) is 17.7 Å². The van der Waals surface area contributed by atoms with Crippen molar-refractivity contribution in [1.82, 2.24) is 0 Å². The lowest BCUT2D eigenvalue weighted by molar-refractivity contribution is -0.118. The molecule has 7 nitrogen and oxygen atoms in total. The zero-order chi connectivity index (χ0) is 22.0. The first-order chi connectivity index (χ1) is 14.4. The molecule has 2 aromatic rings. The third-order valence-corrected chi connectivity index (χ3v) is 4.92. The number of amides is 1.